The van der Waals surface area contributed by atoms with Gasteiger partial charge in [0.25, 0.3) is 0 Å². The molecule has 6 nitrogen and oxygen atoms in total. The summed E-state index contributed by atoms with van der Waals surface area (Å²) in [6, 6.07) is 10.2. The zero-order valence-corrected chi connectivity index (χ0v) is 12.6. The third-order valence-electron chi connectivity index (χ3n) is 4.09. The number of piperidine rings is 1. The van der Waals surface area contributed by atoms with Gasteiger partial charge in [-0.15, -0.1) is 5.10 Å². The van der Waals surface area contributed by atoms with Crippen LogP contribution in [0.1, 0.15) is 30.2 Å². The fraction of sp³-hybridized carbons (Fsp3) is 0.500. The summed E-state index contributed by atoms with van der Waals surface area (Å²) in [6.07, 6.45) is 2.39. The van der Waals surface area contributed by atoms with E-state index in [1.54, 1.807) is 0 Å². The molecular weight excluding hydrogens is 280 g/mol. The monoisotopic (exact) mass is 302 g/mol. The van der Waals surface area contributed by atoms with Crippen LogP contribution in [0.5, 0.6) is 0 Å². The first kappa shape index (κ1) is 15.0. The Labute approximate surface area is 129 Å². The van der Waals surface area contributed by atoms with E-state index in [1.807, 2.05) is 30.3 Å². The molecule has 0 aliphatic carbocycles. The molecule has 2 aromatic rings. The number of aliphatic hydroxyl groups is 1. The number of β-amino-alcohol motifs (C(OH)–C–C–N with tert-alkyl or cyclic N) is 1. The topological polar surface area (TPSA) is 88.4 Å². The average Bonchev–Trinajstić information content (AvgIpc) is 2.95. The van der Waals surface area contributed by atoms with E-state index in [9.17, 15) is 5.11 Å². The number of hydrogen-bond donors (Lipinski definition) is 2. The highest BCUT2D eigenvalue weighted by Gasteiger charge is 2.26. The molecule has 1 aliphatic rings. The van der Waals surface area contributed by atoms with E-state index in [-0.39, 0.29) is 18.0 Å². The van der Waals surface area contributed by atoms with E-state index in [0.29, 0.717) is 18.9 Å². The molecule has 1 aliphatic heterocycles. The van der Waals surface area contributed by atoms with Crippen LogP contribution in [0.2, 0.25) is 0 Å². The summed E-state index contributed by atoms with van der Waals surface area (Å²) in [7, 11) is 0. The highest BCUT2D eigenvalue weighted by molar-refractivity contribution is 5.15. The van der Waals surface area contributed by atoms with E-state index < -0.39 is 0 Å². The van der Waals surface area contributed by atoms with E-state index in [2.05, 4.69) is 15.1 Å². The molecule has 2 heterocycles. The fourth-order valence-electron chi connectivity index (χ4n) is 3.08. The van der Waals surface area contributed by atoms with Gasteiger partial charge in [0, 0.05) is 13.1 Å². The molecule has 1 aromatic heterocycles. The summed E-state index contributed by atoms with van der Waals surface area (Å²) < 4.78 is 5.34. The SMILES string of the molecule is Nc1nnc(C2CCCN(CC(O)Cc3ccccc3)C2)o1. The minimum absolute atomic E-state index is 0.122. The lowest BCUT2D eigenvalue weighted by atomic mass is 9.97. The van der Waals surface area contributed by atoms with Crippen molar-refractivity contribution in [2.24, 2.45) is 0 Å². The molecule has 1 aromatic carbocycles. The Morgan fingerprint density at radius 2 is 2.14 bits per heavy atom. The normalized spacial score (nSPS) is 20.9. The van der Waals surface area contributed by atoms with Gasteiger partial charge in [0.15, 0.2) is 0 Å². The molecule has 0 radical (unpaired) electrons. The zero-order valence-electron chi connectivity index (χ0n) is 12.6. The molecule has 22 heavy (non-hydrogen) atoms. The van der Waals surface area contributed by atoms with Gasteiger partial charge in [-0.1, -0.05) is 35.4 Å². The Bertz CT molecular complexity index is 587. The van der Waals surface area contributed by atoms with Gasteiger partial charge in [0.05, 0.1) is 12.0 Å². The smallest absolute Gasteiger partial charge is 0.312 e. The van der Waals surface area contributed by atoms with Gasteiger partial charge in [0.1, 0.15) is 0 Å². The fourth-order valence-corrected chi connectivity index (χ4v) is 3.08. The predicted octanol–water partition coefficient (Wildman–Crippen LogP) is 1.43. The van der Waals surface area contributed by atoms with Gasteiger partial charge in [-0.2, -0.15) is 0 Å². The number of nitrogens with zero attached hydrogens (tertiary/aromatic N) is 3. The second-order valence-electron chi connectivity index (χ2n) is 5.92. The second kappa shape index (κ2) is 6.89. The Balaban J connectivity index is 1.54. The van der Waals surface area contributed by atoms with Gasteiger partial charge < -0.3 is 15.3 Å². The first-order valence-electron chi connectivity index (χ1n) is 7.74. The lowest BCUT2D eigenvalue weighted by Crippen LogP contribution is -2.40. The van der Waals surface area contributed by atoms with Crippen molar-refractivity contribution in [1.82, 2.24) is 15.1 Å². The molecule has 0 saturated carbocycles. The van der Waals surface area contributed by atoms with Crippen molar-refractivity contribution >= 4 is 6.01 Å². The lowest BCUT2D eigenvalue weighted by molar-refractivity contribution is 0.0922. The van der Waals surface area contributed by atoms with Gasteiger partial charge in [0.2, 0.25) is 5.89 Å². The minimum atomic E-state index is -0.367. The number of nitrogens with two attached hydrogens (primary N) is 1. The Morgan fingerprint density at radius 3 is 2.86 bits per heavy atom. The van der Waals surface area contributed by atoms with E-state index in [0.717, 1.165) is 31.5 Å². The number of rotatable bonds is 5. The summed E-state index contributed by atoms with van der Waals surface area (Å²) in [5.74, 6) is 0.822. The maximum absolute atomic E-state index is 10.3. The molecule has 0 spiro atoms. The van der Waals surface area contributed by atoms with Crippen LogP contribution in [0.25, 0.3) is 0 Å². The molecule has 2 unspecified atom stereocenters. The van der Waals surface area contributed by atoms with Crippen molar-refractivity contribution in [2.45, 2.75) is 31.3 Å². The molecule has 118 valence electrons. The van der Waals surface area contributed by atoms with Crippen molar-refractivity contribution in [3.63, 3.8) is 0 Å². The summed E-state index contributed by atoms with van der Waals surface area (Å²) in [4.78, 5) is 2.27. The van der Waals surface area contributed by atoms with Gasteiger partial charge in [-0.3, -0.25) is 4.90 Å². The summed E-state index contributed by atoms with van der Waals surface area (Å²) in [6.45, 7) is 2.48. The minimum Gasteiger partial charge on any atom is -0.408 e. The number of benzene rings is 1. The van der Waals surface area contributed by atoms with Crippen molar-refractivity contribution in [2.75, 3.05) is 25.4 Å². The summed E-state index contributed by atoms with van der Waals surface area (Å²) >= 11 is 0. The molecule has 6 heteroatoms. The lowest BCUT2D eigenvalue weighted by Gasteiger charge is -2.32. The second-order valence-corrected chi connectivity index (χ2v) is 5.92. The first-order valence-corrected chi connectivity index (χ1v) is 7.74. The number of hydrogen-bond acceptors (Lipinski definition) is 6. The Kier molecular flexibility index (Phi) is 4.70. The molecule has 1 saturated heterocycles. The quantitative estimate of drug-likeness (QED) is 0.868. The standard InChI is InChI=1S/C16H22N4O2/c17-16-19-18-15(22-16)13-7-4-8-20(10-13)11-14(21)9-12-5-2-1-3-6-12/h1-3,5-6,13-14,21H,4,7-11H2,(H2,17,19). The van der Waals surface area contributed by atoms with Crippen LogP contribution in [-0.4, -0.2) is 45.9 Å². The van der Waals surface area contributed by atoms with Crippen LogP contribution in [0.4, 0.5) is 6.01 Å². The number of aliphatic hydroxyl groups excluding tert-OH is 1. The van der Waals surface area contributed by atoms with Crippen molar-refractivity contribution < 1.29 is 9.52 Å². The van der Waals surface area contributed by atoms with Gasteiger partial charge >= 0.3 is 6.01 Å². The van der Waals surface area contributed by atoms with Crippen molar-refractivity contribution in [3.05, 3.63) is 41.8 Å². The van der Waals surface area contributed by atoms with Crippen LogP contribution in [0.3, 0.4) is 0 Å². The zero-order chi connectivity index (χ0) is 15.4. The Hall–Kier alpha value is -1.92. The Morgan fingerprint density at radius 1 is 1.32 bits per heavy atom. The molecule has 3 rings (SSSR count). The average molecular weight is 302 g/mol. The van der Waals surface area contributed by atoms with E-state index >= 15 is 0 Å². The van der Waals surface area contributed by atoms with Crippen molar-refractivity contribution in [3.8, 4) is 0 Å². The van der Waals surface area contributed by atoms with Crippen LogP contribution >= 0.6 is 0 Å². The first-order chi connectivity index (χ1) is 10.7. The predicted molar refractivity (Wildman–Crippen MR) is 83.3 cm³/mol. The number of likely N-dealkylation sites (tertiary alicyclic amines) is 1. The molecule has 0 bridgehead atoms. The third kappa shape index (κ3) is 3.84. The van der Waals surface area contributed by atoms with Crippen LogP contribution in [0, 0.1) is 0 Å². The third-order valence-corrected chi connectivity index (χ3v) is 4.09. The van der Waals surface area contributed by atoms with Crippen molar-refractivity contribution in [1.29, 1.82) is 0 Å². The largest absolute Gasteiger partial charge is 0.408 e. The maximum Gasteiger partial charge on any atom is 0.312 e. The molecular formula is C16H22N4O2. The van der Waals surface area contributed by atoms with Gasteiger partial charge in [-0.05, 0) is 31.4 Å². The highest BCUT2D eigenvalue weighted by Crippen LogP contribution is 2.26. The summed E-state index contributed by atoms with van der Waals surface area (Å²) in [5, 5.41) is 18.0. The molecule has 2 atom stereocenters. The van der Waals surface area contributed by atoms with Crippen LogP contribution in [0.15, 0.2) is 34.7 Å². The number of nitrogen functional groups attached to an aromatic ring is 1. The van der Waals surface area contributed by atoms with Crippen LogP contribution in [-0.2, 0) is 6.42 Å². The molecule has 0 amide bonds. The highest BCUT2D eigenvalue weighted by atomic mass is 16.4. The number of aromatic nitrogens is 2. The molecule has 1 fully saturated rings. The maximum atomic E-state index is 10.3. The van der Waals surface area contributed by atoms with Crippen LogP contribution < -0.4 is 5.73 Å². The van der Waals surface area contributed by atoms with E-state index in [4.69, 9.17) is 10.2 Å². The van der Waals surface area contributed by atoms with E-state index in [1.165, 1.54) is 0 Å². The van der Waals surface area contributed by atoms with Gasteiger partial charge in [-0.25, -0.2) is 0 Å². The molecule has 3 N–H and O–H groups in total. The number of anilines is 1. The summed E-state index contributed by atoms with van der Waals surface area (Å²) in [5.41, 5.74) is 6.65.